The van der Waals surface area contributed by atoms with Gasteiger partial charge in [-0.15, -0.1) is 0 Å². The van der Waals surface area contributed by atoms with Crippen molar-refractivity contribution in [1.29, 1.82) is 5.26 Å². The number of para-hydroxylation sites is 2. The number of amides is 1. The van der Waals surface area contributed by atoms with E-state index >= 15 is 0 Å². The van der Waals surface area contributed by atoms with Crippen molar-refractivity contribution in [3.05, 3.63) is 70.6 Å². The Labute approximate surface area is 138 Å². The van der Waals surface area contributed by atoms with Gasteiger partial charge >= 0.3 is 0 Å². The summed E-state index contributed by atoms with van der Waals surface area (Å²) >= 11 is 0. The van der Waals surface area contributed by atoms with Gasteiger partial charge in [-0.2, -0.15) is 5.26 Å². The number of benzene rings is 2. The summed E-state index contributed by atoms with van der Waals surface area (Å²) in [5.74, 6) is -0.304. The maximum atomic E-state index is 12.2. The van der Waals surface area contributed by atoms with Crippen LogP contribution in [0.25, 0.3) is 11.0 Å². The van der Waals surface area contributed by atoms with E-state index in [1.165, 1.54) is 10.8 Å². The molecule has 3 aromatic rings. The number of fused-ring (bicyclic) bond motifs is 1. The lowest BCUT2D eigenvalue weighted by Gasteiger charge is -2.10. The van der Waals surface area contributed by atoms with Crippen molar-refractivity contribution in [2.24, 2.45) is 0 Å². The van der Waals surface area contributed by atoms with Gasteiger partial charge in [0.2, 0.25) is 5.91 Å². The summed E-state index contributed by atoms with van der Waals surface area (Å²) in [5.41, 5.74) is 2.45. The summed E-state index contributed by atoms with van der Waals surface area (Å²) in [5, 5.41) is 11.4. The van der Waals surface area contributed by atoms with Crippen LogP contribution in [0.15, 0.2) is 59.5 Å². The largest absolute Gasteiger partial charge is 0.325 e. The SMILES string of the molecule is N#CCc1ccc(NC(=O)Cn2c(=O)cnc3ccccc32)cc1. The highest BCUT2D eigenvalue weighted by Crippen LogP contribution is 2.11. The third-order valence-corrected chi connectivity index (χ3v) is 3.58. The zero-order chi connectivity index (χ0) is 16.9. The second kappa shape index (κ2) is 6.75. The van der Waals surface area contributed by atoms with Gasteiger partial charge in [-0.1, -0.05) is 24.3 Å². The van der Waals surface area contributed by atoms with Gasteiger partial charge in [0.25, 0.3) is 5.56 Å². The van der Waals surface area contributed by atoms with Crippen molar-refractivity contribution in [3.8, 4) is 6.07 Å². The Hall–Kier alpha value is -3.46. The first kappa shape index (κ1) is 15.4. The maximum Gasteiger partial charge on any atom is 0.269 e. The monoisotopic (exact) mass is 318 g/mol. The van der Waals surface area contributed by atoms with Crippen molar-refractivity contribution in [2.45, 2.75) is 13.0 Å². The van der Waals surface area contributed by atoms with Crippen LogP contribution < -0.4 is 10.9 Å². The van der Waals surface area contributed by atoms with Gasteiger partial charge in [0.05, 0.1) is 29.7 Å². The van der Waals surface area contributed by atoms with Crippen molar-refractivity contribution in [2.75, 3.05) is 5.32 Å². The summed E-state index contributed by atoms with van der Waals surface area (Å²) < 4.78 is 1.39. The highest BCUT2D eigenvalue weighted by molar-refractivity contribution is 5.91. The van der Waals surface area contributed by atoms with Crippen molar-refractivity contribution < 1.29 is 4.79 Å². The third kappa shape index (κ3) is 3.31. The second-order valence-electron chi connectivity index (χ2n) is 5.25. The highest BCUT2D eigenvalue weighted by Gasteiger charge is 2.09. The number of carbonyl (C=O) groups is 1. The van der Waals surface area contributed by atoms with E-state index in [0.717, 1.165) is 5.56 Å². The van der Waals surface area contributed by atoms with Crippen LogP contribution in [0.3, 0.4) is 0 Å². The van der Waals surface area contributed by atoms with Crippen LogP contribution in [0, 0.1) is 11.3 Å². The maximum absolute atomic E-state index is 12.2. The van der Waals surface area contributed by atoms with Crippen LogP contribution in [0.1, 0.15) is 5.56 Å². The predicted octanol–water partition coefficient (Wildman–Crippen LogP) is 2.10. The minimum Gasteiger partial charge on any atom is -0.325 e. The fourth-order valence-corrected chi connectivity index (χ4v) is 2.42. The molecule has 118 valence electrons. The lowest BCUT2D eigenvalue weighted by atomic mass is 10.1. The van der Waals surface area contributed by atoms with Crippen molar-refractivity contribution in [1.82, 2.24) is 9.55 Å². The van der Waals surface area contributed by atoms with E-state index in [2.05, 4.69) is 16.4 Å². The quantitative estimate of drug-likeness (QED) is 0.798. The molecule has 0 saturated heterocycles. The van der Waals surface area contributed by atoms with E-state index in [1.54, 1.807) is 42.5 Å². The first-order chi connectivity index (χ1) is 11.7. The van der Waals surface area contributed by atoms with Crippen molar-refractivity contribution in [3.63, 3.8) is 0 Å². The lowest BCUT2D eigenvalue weighted by molar-refractivity contribution is -0.116. The van der Waals surface area contributed by atoms with Gasteiger partial charge in [-0.3, -0.25) is 14.2 Å². The molecule has 2 aromatic carbocycles. The minimum atomic E-state index is -0.326. The Morgan fingerprint density at radius 1 is 1.17 bits per heavy atom. The first-order valence-electron chi connectivity index (χ1n) is 7.38. The van der Waals surface area contributed by atoms with E-state index in [1.807, 2.05) is 6.07 Å². The van der Waals surface area contributed by atoms with Crippen LogP contribution in [-0.4, -0.2) is 15.5 Å². The smallest absolute Gasteiger partial charge is 0.269 e. The molecular weight excluding hydrogens is 304 g/mol. The van der Waals surface area contributed by atoms with E-state index in [9.17, 15) is 9.59 Å². The average Bonchev–Trinajstić information content (AvgIpc) is 2.59. The number of carbonyl (C=O) groups excluding carboxylic acids is 1. The van der Waals surface area contributed by atoms with Crippen LogP contribution in [0.4, 0.5) is 5.69 Å². The minimum absolute atomic E-state index is 0.0954. The van der Waals surface area contributed by atoms with Gasteiger partial charge in [-0.05, 0) is 29.8 Å². The Morgan fingerprint density at radius 3 is 2.67 bits per heavy atom. The molecule has 1 N–H and O–H groups in total. The third-order valence-electron chi connectivity index (χ3n) is 3.58. The Morgan fingerprint density at radius 2 is 1.92 bits per heavy atom. The normalized spacial score (nSPS) is 10.3. The van der Waals surface area contributed by atoms with Crippen LogP contribution in [0.5, 0.6) is 0 Å². The van der Waals surface area contributed by atoms with E-state index < -0.39 is 0 Å². The van der Waals surface area contributed by atoms with Gasteiger partial charge in [-0.25, -0.2) is 4.98 Å². The number of anilines is 1. The molecule has 0 radical (unpaired) electrons. The molecule has 1 heterocycles. The molecule has 0 fully saturated rings. The second-order valence-corrected chi connectivity index (χ2v) is 5.25. The number of hydrogen-bond acceptors (Lipinski definition) is 4. The van der Waals surface area contributed by atoms with Gasteiger partial charge in [0.15, 0.2) is 0 Å². The van der Waals surface area contributed by atoms with E-state index in [4.69, 9.17) is 5.26 Å². The molecule has 0 spiro atoms. The molecule has 6 heteroatoms. The molecule has 24 heavy (non-hydrogen) atoms. The standard InChI is InChI=1S/C18H14N4O2/c19-10-9-13-5-7-14(8-6-13)21-17(23)12-22-16-4-2-1-3-15(16)20-11-18(22)24/h1-8,11H,9,12H2,(H,21,23). The molecule has 0 aliphatic heterocycles. The molecule has 1 aromatic heterocycles. The summed E-state index contributed by atoms with van der Waals surface area (Å²) in [6, 6.07) is 16.3. The van der Waals surface area contributed by atoms with Gasteiger partial charge in [0.1, 0.15) is 6.54 Å². The number of nitrogens with zero attached hydrogens (tertiary/aromatic N) is 3. The average molecular weight is 318 g/mol. The van der Waals surface area contributed by atoms with Crippen LogP contribution in [-0.2, 0) is 17.8 Å². The molecular formula is C18H14N4O2. The molecule has 3 rings (SSSR count). The molecule has 6 nitrogen and oxygen atoms in total. The molecule has 0 aliphatic carbocycles. The number of nitrogens with one attached hydrogen (secondary N) is 1. The van der Waals surface area contributed by atoms with Gasteiger partial charge in [0, 0.05) is 5.69 Å². The fraction of sp³-hybridized carbons (Fsp3) is 0.111. The summed E-state index contributed by atoms with van der Waals surface area (Å²) in [4.78, 5) is 28.3. The summed E-state index contributed by atoms with van der Waals surface area (Å²) in [7, 11) is 0. The topological polar surface area (TPSA) is 87.8 Å². The molecule has 0 aliphatic rings. The molecule has 0 saturated carbocycles. The lowest BCUT2D eigenvalue weighted by Crippen LogP contribution is -2.27. The Balaban J connectivity index is 1.79. The first-order valence-corrected chi connectivity index (χ1v) is 7.38. The number of aromatic nitrogens is 2. The summed E-state index contributed by atoms with van der Waals surface area (Å²) in [6.45, 7) is -0.0954. The fourth-order valence-electron chi connectivity index (χ4n) is 2.42. The van der Waals surface area contributed by atoms with Crippen LogP contribution in [0.2, 0.25) is 0 Å². The zero-order valence-corrected chi connectivity index (χ0v) is 12.8. The Bertz CT molecular complexity index is 984. The zero-order valence-electron chi connectivity index (χ0n) is 12.8. The van der Waals surface area contributed by atoms with Gasteiger partial charge < -0.3 is 5.32 Å². The molecule has 0 unspecified atom stereocenters. The Kier molecular flexibility index (Phi) is 4.34. The van der Waals surface area contributed by atoms with Crippen molar-refractivity contribution >= 4 is 22.6 Å². The van der Waals surface area contributed by atoms with E-state index in [-0.39, 0.29) is 18.0 Å². The number of nitriles is 1. The predicted molar refractivity (Wildman–Crippen MR) is 90.4 cm³/mol. The highest BCUT2D eigenvalue weighted by atomic mass is 16.2. The number of hydrogen-bond donors (Lipinski definition) is 1. The molecule has 1 amide bonds. The summed E-state index contributed by atoms with van der Waals surface area (Å²) in [6.07, 6.45) is 1.54. The molecule has 0 bridgehead atoms. The molecule has 0 atom stereocenters. The van der Waals surface area contributed by atoms with E-state index in [0.29, 0.717) is 23.1 Å². The van der Waals surface area contributed by atoms with Crippen LogP contribution >= 0.6 is 0 Å². The number of rotatable bonds is 4.